The fraction of sp³-hybridized carbons (Fsp3) is 0.158. The van der Waals surface area contributed by atoms with Gasteiger partial charge in [-0.15, -0.1) is 11.6 Å². The molecule has 0 saturated heterocycles. The second kappa shape index (κ2) is 10.0. The number of carbonyl (C=O) groups excluding carboxylic acids is 1. The van der Waals surface area contributed by atoms with Crippen LogP contribution in [0.3, 0.4) is 0 Å². The number of halogens is 1. The van der Waals surface area contributed by atoms with Crippen LogP contribution >= 0.6 is 11.6 Å². The summed E-state index contributed by atoms with van der Waals surface area (Å²) in [6, 6.07) is 18.5. The lowest BCUT2D eigenvalue weighted by Crippen LogP contribution is -2.26. The predicted octanol–water partition coefficient (Wildman–Crippen LogP) is 4.04. The van der Waals surface area contributed by atoms with Gasteiger partial charge in [0.05, 0.1) is 0 Å². The number of nitrogens with zero attached hydrogens (tertiary/aromatic N) is 1. The van der Waals surface area contributed by atoms with E-state index in [-0.39, 0.29) is 5.57 Å². The quantitative estimate of drug-likeness (QED) is 0.324. The highest BCUT2D eigenvalue weighted by molar-refractivity contribution is 6.17. The Morgan fingerprint density at radius 2 is 1.80 bits per heavy atom. The minimum Gasteiger partial charge on any atom is -0.457 e. The molecule has 0 aliphatic heterocycles. The number of alkyl halides is 1. The van der Waals surface area contributed by atoms with Gasteiger partial charge in [0, 0.05) is 24.3 Å². The van der Waals surface area contributed by atoms with Crippen molar-refractivity contribution in [1.29, 1.82) is 5.26 Å². The number of carbonyl (C=O) groups is 1. The van der Waals surface area contributed by atoms with Crippen LogP contribution in [0.4, 0.5) is 5.69 Å². The number of nitriles is 1. The average molecular weight is 356 g/mol. The Bertz CT molecular complexity index is 752. The Kier molecular flexibility index (Phi) is 7.36. The molecule has 2 rings (SSSR count). The number of anilines is 1. The summed E-state index contributed by atoms with van der Waals surface area (Å²) in [4.78, 5) is 11.8. The van der Waals surface area contributed by atoms with E-state index in [2.05, 4.69) is 10.6 Å². The molecule has 0 spiro atoms. The molecule has 25 heavy (non-hydrogen) atoms. The molecule has 0 heterocycles. The predicted molar refractivity (Wildman–Crippen MR) is 98.6 cm³/mol. The van der Waals surface area contributed by atoms with E-state index in [1.165, 1.54) is 6.20 Å². The molecular formula is C19H18ClN3O2. The Morgan fingerprint density at radius 3 is 2.44 bits per heavy atom. The van der Waals surface area contributed by atoms with Crippen LogP contribution in [0.5, 0.6) is 11.5 Å². The van der Waals surface area contributed by atoms with E-state index in [9.17, 15) is 4.79 Å². The highest BCUT2D eigenvalue weighted by Gasteiger charge is 2.07. The van der Waals surface area contributed by atoms with Crippen LogP contribution in [0.2, 0.25) is 0 Å². The largest absolute Gasteiger partial charge is 0.457 e. The maximum absolute atomic E-state index is 11.8. The minimum atomic E-state index is -0.427. The molecule has 2 N–H and O–H groups in total. The van der Waals surface area contributed by atoms with Crippen molar-refractivity contribution in [3.63, 3.8) is 0 Å². The summed E-state index contributed by atoms with van der Waals surface area (Å²) in [6.45, 7) is 0.437. The van der Waals surface area contributed by atoms with Crippen LogP contribution in [0.1, 0.15) is 6.42 Å². The van der Waals surface area contributed by atoms with Crippen LogP contribution in [-0.2, 0) is 4.79 Å². The lowest BCUT2D eigenvalue weighted by atomic mass is 10.2. The second-order valence-corrected chi connectivity index (χ2v) is 5.43. The van der Waals surface area contributed by atoms with Crippen LogP contribution < -0.4 is 15.4 Å². The minimum absolute atomic E-state index is 0.000755. The zero-order valence-corrected chi connectivity index (χ0v) is 14.3. The van der Waals surface area contributed by atoms with Crippen LogP contribution in [0.15, 0.2) is 66.4 Å². The molecular weight excluding hydrogens is 338 g/mol. The SMILES string of the molecule is N#C/C(=C/Nc1ccc(Oc2ccccc2)cc1)C(=O)NCCCCl. The number of rotatable bonds is 8. The van der Waals surface area contributed by atoms with Gasteiger partial charge in [-0.3, -0.25) is 4.79 Å². The number of hydrogen-bond donors (Lipinski definition) is 2. The highest BCUT2D eigenvalue weighted by Crippen LogP contribution is 2.22. The summed E-state index contributed by atoms with van der Waals surface area (Å²) in [7, 11) is 0. The summed E-state index contributed by atoms with van der Waals surface area (Å²) in [5.41, 5.74) is 0.737. The first-order valence-corrected chi connectivity index (χ1v) is 8.30. The third kappa shape index (κ3) is 6.21. The van der Waals surface area contributed by atoms with Gasteiger partial charge in [-0.2, -0.15) is 5.26 Å². The first-order valence-electron chi connectivity index (χ1n) is 7.77. The van der Waals surface area contributed by atoms with Crippen molar-refractivity contribution in [2.75, 3.05) is 17.7 Å². The van der Waals surface area contributed by atoms with Crippen molar-refractivity contribution in [2.45, 2.75) is 6.42 Å². The number of ether oxygens (including phenoxy) is 1. The highest BCUT2D eigenvalue weighted by atomic mass is 35.5. The molecule has 128 valence electrons. The Balaban J connectivity index is 1.93. The lowest BCUT2D eigenvalue weighted by molar-refractivity contribution is -0.117. The van der Waals surface area contributed by atoms with E-state index in [0.717, 1.165) is 11.4 Å². The van der Waals surface area contributed by atoms with E-state index in [0.29, 0.717) is 24.6 Å². The number of para-hydroxylation sites is 1. The van der Waals surface area contributed by atoms with E-state index >= 15 is 0 Å². The molecule has 0 aromatic heterocycles. The smallest absolute Gasteiger partial charge is 0.263 e. The molecule has 5 nitrogen and oxygen atoms in total. The van der Waals surface area contributed by atoms with Gasteiger partial charge < -0.3 is 15.4 Å². The van der Waals surface area contributed by atoms with Gasteiger partial charge in [0.25, 0.3) is 5.91 Å². The standard InChI is InChI=1S/C19H18ClN3O2/c20-11-4-12-22-19(24)15(13-21)14-23-16-7-9-18(10-8-16)25-17-5-2-1-3-6-17/h1-3,5-10,14,23H,4,11-12H2,(H,22,24)/b15-14-. The molecule has 0 aliphatic rings. The van der Waals surface area contributed by atoms with Gasteiger partial charge in [0.2, 0.25) is 0 Å². The first-order chi connectivity index (χ1) is 12.2. The molecule has 0 atom stereocenters. The van der Waals surface area contributed by atoms with Gasteiger partial charge in [-0.1, -0.05) is 18.2 Å². The van der Waals surface area contributed by atoms with Crippen LogP contribution in [-0.4, -0.2) is 18.3 Å². The van der Waals surface area contributed by atoms with Gasteiger partial charge in [-0.05, 0) is 42.8 Å². The molecule has 1 amide bonds. The summed E-state index contributed by atoms with van der Waals surface area (Å²) >= 11 is 5.55. The van der Waals surface area contributed by atoms with Crippen molar-refractivity contribution in [3.8, 4) is 17.6 Å². The molecule has 0 fully saturated rings. The van der Waals surface area contributed by atoms with Crippen molar-refractivity contribution in [3.05, 3.63) is 66.4 Å². The van der Waals surface area contributed by atoms with Gasteiger partial charge in [0.1, 0.15) is 23.1 Å². The summed E-state index contributed by atoms with van der Waals surface area (Å²) in [5, 5.41) is 14.6. The first kappa shape index (κ1) is 18.4. The Morgan fingerprint density at radius 1 is 1.12 bits per heavy atom. The van der Waals surface area contributed by atoms with Crippen LogP contribution in [0, 0.1) is 11.3 Å². The Labute approximate surface area is 151 Å². The number of benzene rings is 2. The Hall–Kier alpha value is -2.97. The second-order valence-electron chi connectivity index (χ2n) is 5.05. The van der Waals surface area contributed by atoms with Gasteiger partial charge in [-0.25, -0.2) is 0 Å². The van der Waals surface area contributed by atoms with Crippen molar-refractivity contribution < 1.29 is 9.53 Å². The molecule has 0 aliphatic carbocycles. The molecule has 2 aromatic carbocycles. The fourth-order valence-corrected chi connectivity index (χ4v) is 2.05. The molecule has 0 unspecified atom stereocenters. The molecule has 0 radical (unpaired) electrons. The van der Waals surface area contributed by atoms with Gasteiger partial charge >= 0.3 is 0 Å². The van der Waals surface area contributed by atoms with E-state index in [1.807, 2.05) is 36.4 Å². The summed E-state index contributed by atoms with van der Waals surface area (Å²) in [6.07, 6.45) is 2.03. The third-order valence-electron chi connectivity index (χ3n) is 3.18. The monoisotopic (exact) mass is 355 g/mol. The summed E-state index contributed by atoms with van der Waals surface area (Å²) in [5.74, 6) is 1.48. The van der Waals surface area contributed by atoms with Crippen molar-refractivity contribution in [1.82, 2.24) is 5.32 Å². The molecule has 6 heteroatoms. The van der Waals surface area contributed by atoms with Crippen molar-refractivity contribution >= 4 is 23.2 Å². The number of hydrogen-bond acceptors (Lipinski definition) is 4. The maximum atomic E-state index is 11.8. The topological polar surface area (TPSA) is 74.1 Å². The normalized spacial score (nSPS) is 10.6. The van der Waals surface area contributed by atoms with Gasteiger partial charge in [0.15, 0.2) is 0 Å². The fourth-order valence-electron chi connectivity index (χ4n) is 1.91. The van der Waals surface area contributed by atoms with E-state index in [1.54, 1.807) is 24.3 Å². The zero-order valence-electron chi connectivity index (χ0n) is 13.5. The molecule has 0 bridgehead atoms. The molecule has 2 aromatic rings. The number of amides is 1. The average Bonchev–Trinajstić information content (AvgIpc) is 2.64. The van der Waals surface area contributed by atoms with Crippen molar-refractivity contribution in [2.24, 2.45) is 0 Å². The third-order valence-corrected chi connectivity index (χ3v) is 3.44. The zero-order chi connectivity index (χ0) is 17.9. The van der Waals surface area contributed by atoms with E-state index in [4.69, 9.17) is 21.6 Å². The number of nitrogens with one attached hydrogen (secondary N) is 2. The molecule has 0 saturated carbocycles. The summed E-state index contributed by atoms with van der Waals surface area (Å²) < 4.78 is 5.70. The lowest BCUT2D eigenvalue weighted by Gasteiger charge is -2.07. The maximum Gasteiger partial charge on any atom is 0.263 e. The van der Waals surface area contributed by atoms with E-state index < -0.39 is 5.91 Å². The van der Waals surface area contributed by atoms with Crippen LogP contribution in [0.25, 0.3) is 0 Å².